The summed E-state index contributed by atoms with van der Waals surface area (Å²) in [4.78, 5) is 13.1. The van der Waals surface area contributed by atoms with Crippen molar-refractivity contribution in [3.05, 3.63) is 76.2 Å². The first-order chi connectivity index (χ1) is 11.5. The van der Waals surface area contributed by atoms with Gasteiger partial charge in [0.15, 0.2) is 0 Å². The van der Waals surface area contributed by atoms with Gasteiger partial charge in [-0.05, 0) is 23.9 Å². The summed E-state index contributed by atoms with van der Waals surface area (Å²) in [5, 5.41) is 19.3. The summed E-state index contributed by atoms with van der Waals surface area (Å²) in [5.41, 5.74) is 0.519. The minimum absolute atomic E-state index is 0.149. The van der Waals surface area contributed by atoms with E-state index in [9.17, 15) is 9.90 Å². The molecule has 0 saturated carbocycles. The fourth-order valence-corrected chi connectivity index (χ4v) is 3.15. The van der Waals surface area contributed by atoms with Crippen LogP contribution < -0.4 is 5.32 Å². The average Bonchev–Trinajstić information content (AvgIpc) is 3.26. The predicted octanol–water partition coefficient (Wildman–Crippen LogP) is 2.63. The maximum atomic E-state index is 12.3. The van der Waals surface area contributed by atoms with E-state index in [0.29, 0.717) is 12.1 Å². The van der Waals surface area contributed by atoms with Crippen molar-refractivity contribution in [3.8, 4) is 0 Å². The van der Waals surface area contributed by atoms with Crippen molar-refractivity contribution in [2.45, 2.75) is 19.1 Å². The molecule has 3 aromatic rings. The molecular weight excluding hydrogens is 322 g/mol. The van der Waals surface area contributed by atoms with E-state index < -0.39 is 5.60 Å². The highest BCUT2D eigenvalue weighted by Crippen LogP contribution is 2.24. The molecule has 1 atom stereocenters. The van der Waals surface area contributed by atoms with E-state index in [2.05, 4.69) is 10.4 Å². The molecule has 0 aliphatic rings. The fraction of sp³-hybridized carbons (Fsp3) is 0.222. The van der Waals surface area contributed by atoms with Gasteiger partial charge in [0.1, 0.15) is 5.60 Å². The highest BCUT2D eigenvalue weighted by molar-refractivity contribution is 7.10. The molecule has 1 aromatic carbocycles. The van der Waals surface area contributed by atoms with Gasteiger partial charge in [-0.15, -0.1) is 11.3 Å². The van der Waals surface area contributed by atoms with Crippen LogP contribution in [0.1, 0.15) is 27.7 Å². The fourth-order valence-electron chi connectivity index (χ4n) is 2.36. The Labute approximate surface area is 144 Å². The lowest BCUT2D eigenvalue weighted by Gasteiger charge is -2.22. The number of nitrogens with zero attached hydrogens (tertiary/aromatic N) is 2. The Morgan fingerprint density at radius 1 is 1.29 bits per heavy atom. The van der Waals surface area contributed by atoms with Gasteiger partial charge in [-0.1, -0.05) is 36.4 Å². The molecule has 0 radical (unpaired) electrons. The number of thiophene rings is 1. The van der Waals surface area contributed by atoms with Crippen LogP contribution in [0.25, 0.3) is 0 Å². The number of hydrogen-bond acceptors (Lipinski definition) is 4. The van der Waals surface area contributed by atoms with Gasteiger partial charge in [0.25, 0.3) is 5.91 Å². The third-order valence-electron chi connectivity index (χ3n) is 3.73. The maximum Gasteiger partial charge on any atom is 0.254 e. The first-order valence-electron chi connectivity index (χ1n) is 7.65. The second kappa shape index (κ2) is 6.98. The number of nitrogens with one attached hydrogen (secondary N) is 1. The maximum absolute atomic E-state index is 12.3. The lowest BCUT2D eigenvalue weighted by molar-refractivity contribution is 0.0556. The molecule has 0 aliphatic carbocycles. The zero-order chi connectivity index (χ0) is 17.0. The van der Waals surface area contributed by atoms with Crippen molar-refractivity contribution >= 4 is 17.2 Å². The van der Waals surface area contributed by atoms with Crippen LogP contribution in [0, 0.1) is 0 Å². The largest absolute Gasteiger partial charge is 0.383 e. The summed E-state index contributed by atoms with van der Waals surface area (Å²) in [6.45, 7) is 2.45. The molecule has 0 saturated heterocycles. The van der Waals surface area contributed by atoms with Gasteiger partial charge in [0.2, 0.25) is 0 Å². The van der Waals surface area contributed by atoms with Crippen LogP contribution >= 0.6 is 11.3 Å². The van der Waals surface area contributed by atoms with Crippen molar-refractivity contribution in [2.75, 3.05) is 6.54 Å². The molecule has 5 nitrogen and oxygen atoms in total. The number of hydrogen-bond donors (Lipinski definition) is 2. The molecule has 0 fully saturated rings. The average molecular weight is 341 g/mol. The number of benzene rings is 1. The van der Waals surface area contributed by atoms with Crippen molar-refractivity contribution in [1.82, 2.24) is 15.1 Å². The monoisotopic (exact) mass is 341 g/mol. The lowest BCUT2D eigenvalue weighted by atomic mass is 10.1. The molecule has 3 rings (SSSR count). The van der Waals surface area contributed by atoms with E-state index in [1.165, 1.54) is 17.5 Å². The normalized spacial score (nSPS) is 13.4. The second-order valence-electron chi connectivity index (χ2n) is 5.85. The van der Waals surface area contributed by atoms with E-state index in [1.807, 2.05) is 47.8 Å². The Bertz CT molecular complexity index is 795. The number of carbonyl (C=O) groups is 1. The standard InChI is InChI=1S/C18H19N3O2S/c1-18(23,16-8-5-9-24-16)13-19-17(22)15-10-20-21(12-15)11-14-6-3-2-4-7-14/h2-10,12,23H,11,13H2,1H3,(H,19,22). The van der Waals surface area contributed by atoms with E-state index in [1.54, 1.807) is 17.8 Å². The van der Waals surface area contributed by atoms with Crippen LogP contribution in [0.2, 0.25) is 0 Å². The SMILES string of the molecule is CC(O)(CNC(=O)c1cnn(Cc2ccccc2)c1)c1cccs1. The zero-order valence-electron chi connectivity index (χ0n) is 13.3. The van der Waals surface area contributed by atoms with Crippen LogP contribution in [0.3, 0.4) is 0 Å². The van der Waals surface area contributed by atoms with E-state index in [4.69, 9.17) is 0 Å². The third kappa shape index (κ3) is 3.90. The predicted molar refractivity (Wildman–Crippen MR) is 94.0 cm³/mol. The zero-order valence-corrected chi connectivity index (χ0v) is 14.2. The molecule has 124 valence electrons. The van der Waals surface area contributed by atoms with Crippen molar-refractivity contribution in [2.24, 2.45) is 0 Å². The first kappa shape index (κ1) is 16.4. The minimum atomic E-state index is -1.08. The summed E-state index contributed by atoms with van der Waals surface area (Å²) < 4.78 is 1.72. The number of amides is 1. The number of rotatable bonds is 6. The topological polar surface area (TPSA) is 67.2 Å². The minimum Gasteiger partial charge on any atom is -0.383 e. The summed E-state index contributed by atoms with van der Waals surface area (Å²) in [7, 11) is 0. The lowest BCUT2D eigenvalue weighted by Crippen LogP contribution is -2.38. The van der Waals surface area contributed by atoms with Gasteiger partial charge in [0, 0.05) is 11.1 Å². The van der Waals surface area contributed by atoms with E-state index >= 15 is 0 Å². The Hall–Kier alpha value is -2.44. The molecule has 0 bridgehead atoms. The molecule has 2 aromatic heterocycles. The number of aliphatic hydroxyl groups is 1. The molecule has 6 heteroatoms. The number of carbonyl (C=O) groups excluding carboxylic acids is 1. The molecule has 2 heterocycles. The molecule has 2 N–H and O–H groups in total. The Kier molecular flexibility index (Phi) is 4.78. The summed E-state index contributed by atoms with van der Waals surface area (Å²) in [5.74, 6) is -0.244. The Morgan fingerprint density at radius 2 is 2.08 bits per heavy atom. The van der Waals surface area contributed by atoms with Crippen LogP contribution in [-0.2, 0) is 12.1 Å². The quantitative estimate of drug-likeness (QED) is 0.724. The molecule has 24 heavy (non-hydrogen) atoms. The van der Waals surface area contributed by atoms with Crippen molar-refractivity contribution in [3.63, 3.8) is 0 Å². The second-order valence-corrected chi connectivity index (χ2v) is 6.79. The summed E-state index contributed by atoms with van der Waals surface area (Å²) >= 11 is 1.46. The molecule has 0 spiro atoms. The van der Waals surface area contributed by atoms with Crippen LogP contribution in [-0.4, -0.2) is 27.3 Å². The molecule has 1 amide bonds. The van der Waals surface area contributed by atoms with Gasteiger partial charge in [-0.2, -0.15) is 5.10 Å². The number of aromatic nitrogens is 2. The summed E-state index contributed by atoms with van der Waals surface area (Å²) in [6, 6.07) is 13.7. The van der Waals surface area contributed by atoms with Crippen molar-refractivity contribution in [1.29, 1.82) is 0 Å². The van der Waals surface area contributed by atoms with Gasteiger partial charge in [0.05, 0.1) is 24.8 Å². The Balaban J connectivity index is 1.60. The highest BCUT2D eigenvalue weighted by atomic mass is 32.1. The van der Waals surface area contributed by atoms with Gasteiger partial charge < -0.3 is 10.4 Å². The van der Waals surface area contributed by atoms with Crippen molar-refractivity contribution < 1.29 is 9.90 Å². The van der Waals surface area contributed by atoms with E-state index in [-0.39, 0.29) is 12.5 Å². The Morgan fingerprint density at radius 3 is 2.79 bits per heavy atom. The van der Waals surface area contributed by atoms with Gasteiger partial charge >= 0.3 is 0 Å². The molecule has 0 aliphatic heterocycles. The van der Waals surface area contributed by atoms with Crippen LogP contribution in [0.4, 0.5) is 0 Å². The van der Waals surface area contributed by atoms with Gasteiger partial charge in [-0.3, -0.25) is 9.48 Å². The van der Waals surface area contributed by atoms with Crippen LogP contribution in [0.5, 0.6) is 0 Å². The smallest absolute Gasteiger partial charge is 0.254 e. The van der Waals surface area contributed by atoms with Crippen LogP contribution in [0.15, 0.2) is 60.2 Å². The molecular formula is C18H19N3O2S. The first-order valence-corrected chi connectivity index (χ1v) is 8.53. The third-order valence-corrected chi connectivity index (χ3v) is 4.85. The molecule has 1 unspecified atom stereocenters. The summed E-state index contributed by atoms with van der Waals surface area (Å²) in [6.07, 6.45) is 3.25. The highest BCUT2D eigenvalue weighted by Gasteiger charge is 2.25. The van der Waals surface area contributed by atoms with E-state index in [0.717, 1.165) is 10.4 Å². The van der Waals surface area contributed by atoms with Gasteiger partial charge in [-0.25, -0.2) is 0 Å².